The normalized spacial score (nSPS) is 14.4. The highest BCUT2D eigenvalue weighted by molar-refractivity contribution is 7.89. The molecule has 0 aliphatic carbocycles. The van der Waals surface area contributed by atoms with E-state index in [4.69, 9.17) is 9.47 Å². The lowest BCUT2D eigenvalue weighted by atomic mass is 10.2. The smallest absolute Gasteiger partial charge is 0.243 e. The summed E-state index contributed by atoms with van der Waals surface area (Å²) < 4.78 is 37.0. The third-order valence-electron chi connectivity index (χ3n) is 4.69. The van der Waals surface area contributed by atoms with Gasteiger partial charge in [-0.05, 0) is 49.2 Å². The quantitative estimate of drug-likeness (QED) is 0.683. The van der Waals surface area contributed by atoms with Gasteiger partial charge in [0.2, 0.25) is 15.9 Å². The molecule has 0 spiro atoms. The van der Waals surface area contributed by atoms with Gasteiger partial charge in [-0.3, -0.25) is 4.79 Å². The topological polar surface area (TPSA) is 97.0 Å². The maximum absolute atomic E-state index is 12.5. The maximum atomic E-state index is 12.5. The summed E-state index contributed by atoms with van der Waals surface area (Å²) in [6.07, 6.45) is 1.79. The number of nitrogens with zero attached hydrogens (tertiary/aromatic N) is 1. The molecule has 1 aliphatic heterocycles. The lowest BCUT2D eigenvalue weighted by molar-refractivity contribution is -0.114. The fourth-order valence-corrected chi connectivity index (χ4v) is 4.63. The summed E-state index contributed by atoms with van der Waals surface area (Å²) in [7, 11) is -0.376. The number of sulfonamides is 1. The van der Waals surface area contributed by atoms with Gasteiger partial charge in [-0.1, -0.05) is 0 Å². The molecule has 0 aromatic heterocycles. The average Bonchev–Trinajstić information content (AvgIpc) is 3.28. The van der Waals surface area contributed by atoms with Crippen LogP contribution in [0.15, 0.2) is 47.4 Å². The zero-order valence-electron chi connectivity index (χ0n) is 16.5. The Labute approximate surface area is 170 Å². The molecule has 156 valence electrons. The average molecular weight is 420 g/mol. The van der Waals surface area contributed by atoms with E-state index in [0.29, 0.717) is 36.0 Å². The van der Waals surface area contributed by atoms with Crippen LogP contribution in [0.3, 0.4) is 0 Å². The van der Waals surface area contributed by atoms with Crippen molar-refractivity contribution in [3.8, 4) is 11.5 Å². The number of methoxy groups -OCH3 is 2. The van der Waals surface area contributed by atoms with Crippen LogP contribution in [0.1, 0.15) is 12.8 Å². The van der Waals surface area contributed by atoms with E-state index in [1.807, 2.05) is 0 Å². The molecule has 1 amide bonds. The van der Waals surface area contributed by atoms with Gasteiger partial charge in [-0.15, -0.1) is 0 Å². The van der Waals surface area contributed by atoms with Crippen LogP contribution in [-0.4, -0.2) is 52.5 Å². The SMILES string of the molecule is COc1ccc(OC)c(NC(=O)CNc2ccc(S(=O)(=O)N3CCCC3)cc2)c1. The minimum atomic E-state index is -3.44. The van der Waals surface area contributed by atoms with Crippen molar-refractivity contribution in [3.63, 3.8) is 0 Å². The van der Waals surface area contributed by atoms with Crippen LogP contribution < -0.4 is 20.1 Å². The monoisotopic (exact) mass is 419 g/mol. The highest BCUT2D eigenvalue weighted by atomic mass is 32.2. The Balaban J connectivity index is 1.59. The van der Waals surface area contributed by atoms with Gasteiger partial charge in [-0.25, -0.2) is 8.42 Å². The molecule has 2 aromatic carbocycles. The van der Waals surface area contributed by atoms with Crippen LogP contribution >= 0.6 is 0 Å². The Morgan fingerprint density at radius 3 is 2.34 bits per heavy atom. The van der Waals surface area contributed by atoms with Crippen molar-refractivity contribution in [2.75, 3.05) is 44.5 Å². The molecule has 0 saturated carbocycles. The Bertz CT molecular complexity index is 955. The van der Waals surface area contributed by atoms with Crippen molar-refractivity contribution < 1.29 is 22.7 Å². The second-order valence-corrected chi connectivity index (χ2v) is 8.54. The highest BCUT2D eigenvalue weighted by Crippen LogP contribution is 2.29. The van der Waals surface area contributed by atoms with E-state index in [0.717, 1.165) is 12.8 Å². The Morgan fingerprint density at radius 1 is 1.03 bits per heavy atom. The van der Waals surface area contributed by atoms with Crippen molar-refractivity contribution in [2.24, 2.45) is 0 Å². The van der Waals surface area contributed by atoms with Gasteiger partial charge >= 0.3 is 0 Å². The lowest BCUT2D eigenvalue weighted by Crippen LogP contribution is -2.27. The summed E-state index contributed by atoms with van der Waals surface area (Å²) in [5, 5.41) is 5.76. The molecule has 2 N–H and O–H groups in total. The standard InChI is InChI=1S/C20H25N3O5S/c1-27-16-7-10-19(28-2)18(13-16)22-20(24)14-21-15-5-8-17(9-6-15)29(25,26)23-11-3-4-12-23/h5-10,13,21H,3-4,11-12,14H2,1-2H3,(H,22,24). The van der Waals surface area contributed by atoms with Gasteiger partial charge in [0.1, 0.15) is 11.5 Å². The first kappa shape index (κ1) is 20.9. The largest absolute Gasteiger partial charge is 0.497 e. The van der Waals surface area contributed by atoms with Crippen molar-refractivity contribution in [1.82, 2.24) is 4.31 Å². The van der Waals surface area contributed by atoms with E-state index < -0.39 is 10.0 Å². The fraction of sp³-hybridized carbons (Fsp3) is 0.350. The number of anilines is 2. The molecule has 1 aliphatic rings. The first-order valence-electron chi connectivity index (χ1n) is 9.30. The summed E-state index contributed by atoms with van der Waals surface area (Å²) in [5.41, 5.74) is 1.16. The maximum Gasteiger partial charge on any atom is 0.243 e. The zero-order chi connectivity index (χ0) is 20.9. The summed E-state index contributed by atoms with van der Waals surface area (Å²) >= 11 is 0. The van der Waals surface area contributed by atoms with E-state index in [1.165, 1.54) is 11.4 Å². The van der Waals surface area contributed by atoms with Crippen LogP contribution in [0, 0.1) is 0 Å². The molecule has 3 rings (SSSR count). The van der Waals surface area contributed by atoms with Crippen LogP contribution in [0.25, 0.3) is 0 Å². The zero-order valence-corrected chi connectivity index (χ0v) is 17.3. The number of nitrogens with one attached hydrogen (secondary N) is 2. The number of rotatable bonds is 8. The van der Waals surface area contributed by atoms with E-state index in [9.17, 15) is 13.2 Å². The number of hydrogen-bond acceptors (Lipinski definition) is 6. The highest BCUT2D eigenvalue weighted by Gasteiger charge is 2.26. The third kappa shape index (κ3) is 4.99. The molecule has 9 heteroatoms. The molecule has 0 bridgehead atoms. The summed E-state index contributed by atoms with van der Waals surface area (Å²) in [6, 6.07) is 11.5. The summed E-state index contributed by atoms with van der Waals surface area (Å²) in [6.45, 7) is 1.14. The predicted molar refractivity (Wildman–Crippen MR) is 111 cm³/mol. The third-order valence-corrected chi connectivity index (χ3v) is 6.60. The first-order valence-corrected chi connectivity index (χ1v) is 10.7. The van der Waals surface area contributed by atoms with E-state index in [-0.39, 0.29) is 17.3 Å². The molecule has 0 atom stereocenters. The summed E-state index contributed by atoms with van der Waals surface area (Å²) in [5.74, 6) is 0.852. The first-order chi connectivity index (χ1) is 13.9. The van der Waals surface area contributed by atoms with Gasteiger partial charge in [-0.2, -0.15) is 4.31 Å². The van der Waals surface area contributed by atoms with Crippen LogP contribution in [-0.2, 0) is 14.8 Å². The lowest BCUT2D eigenvalue weighted by Gasteiger charge is -2.16. The molecular formula is C20H25N3O5S. The molecule has 0 unspecified atom stereocenters. The molecule has 2 aromatic rings. The second kappa shape index (κ2) is 9.15. The molecule has 1 heterocycles. The number of carbonyl (C=O) groups excluding carboxylic acids is 1. The van der Waals surface area contributed by atoms with Crippen molar-refractivity contribution in [2.45, 2.75) is 17.7 Å². The number of amides is 1. The van der Waals surface area contributed by atoms with Crippen molar-refractivity contribution >= 4 is 27.3 Å². The number of ether oxygens (including phenoxy) is 2. The molecule has 8 nitrogen and oxygen atoms in total. The molecule has 1 saturated heterocycles. The van der Waals surface area contributed by atoms with Crippen molar-refractivity contribution in [3.05, 3.63) is 42.5 Å². The minimum Gasteiger partial charge on any atom is -0.497 e. The van der Waals surface area contributed by atoms with E-state index >= 15 is 0 Å². The number of hydrogen-bond donors (Lipinski definition) is 2. The predicted octanol–water partition coefficient (Wildman–Crippen LogP) is 2.54. The van der Waals surface area contributed by atoms with Gasteiger partial charge in [0.15, 0.2) is 0 Å². The van der Waals surface area contributed by atoms with Crippen LogP contribution in [0.5, 0.6) is 11.5 Å². The van der Waals surface area contributed by atoms with Gasteiger partial charge in [0.25, 0.3) is 0 Å². The van der Waals surface area contributed by atoms with Gasteiger partial charge in [0.05, 0.1) is 31.3 Å². The summed E-state index contributed by atoms with van der Waals surface area (Å²) in [4.78, 5) is 12.5. The van der Waals surface area contributed by atoms with E-state index in [2.05, 4.69) is 10.6 Å². The Hall–Kier alpha value is -2.78. The Morgan fingerprint density at radius 2 is 1.72 bits per heavy atom. The van der Waals surface area contributed by atoms with Crippen molar-refractivity contribution in [1.29, 1.82) is 0 Å². The molecule has 29 heavy (non-hydrogen) atoms. The Kier molecular flexibility index (Phi) is 6.60. The minimum absolute atomic E-state index is 0.0125. The molecule has 0 radical (unpaired) electrons. The number of carbonyl (C=O) groups is 1. The van der Waals surface area contributed by atoms with Crippen LogP contribution in [0.4, 0.5) is 11.4 Å². The fourth-order valence-electron chi connectivity index (χ4n) is 3.11. The van der Waals surface area contributed by atoms with E-state index in [1.54, 1.807) is 49.6 Å². The molecular weight excluding hydrogens is 394 g/mol. The van der Waals surface area contributed by atoms with Crippen LogP contribution in [0.2, 0.25) is 0 Å². The van der Waals surface area contributed by atoms with Gasteiger partial charge < -0.3 is 20.1 Å². The number of benzene rings is 2. The van der Waals surface area contributed by atoms with Gasteiger partial charge in [0, 0.05) is 24.8 Å². The molecule has 1 fully saturated rings. The second-order valence-electron chi connectivity index (χ2n) is 6.60.